The smallest absolute Gasteiger partial charge is 0.331 e. The van der Waals surface area contributed by atoms with E-state index in [-0.39, 0.29) is 12.1 Å². The van der Waals surface area contributed by atoms with Crippen LogP contribution in [0.15, 0.2) is 42.9 Å². The molecule has 176 valence electrons. The monoisotopic (exact) mass is 463 g/mol. The lowest BCUT2D eigenvalue weighted by Crippen LogP contribution is -2.43. The summed E-state index contributed by atoms with van der Waals surface area (Å²) in [6.07, 6.45) is 6.08. The highest BCUT2D eigenvalue weighted by Gasteiger charge is 2.38. The van der Waals surface area contributed by atoms with E-state index in [4.69, 9.17) is 9.47 Å². The van der Waals surface area contributed by atoms with E-state index in [1.165, 1.54) is 4.90 Å². The third-order valence-electron chi connectivity index (χ3n) is 5.86. The zero-order valence-corrected chi connectivity index (χ0v) is 19.0. The maximum Gasteiger partial charge on any atom is 0.331 e. The minimum Gasteiger partial charge on any atom is -0.455 e. The molecule has 2 fully saturated rings. The van der Waals surface area contributed by atoms with Gasteiger partial charge in [-0.15, -0.1) is 0 Å². The fourth-order valence-electron chi connectivity index (χ4n) is 4.06. The van der Waals surface area contributed by atoms with E-state index in [1.807, 2.05) is 19.3 Å². The van der Waals surface area contributed by atoms with Crippen LogP contribution in [0.4, 0.5) is 15.4 Å². The number of aryl methyl sites for hydroxylation is 2. The van der Waals surface area contributed by atoms with Crippen molar-refractivity contribution in [3.63, 3.8) is 0 Å². The van der Waals surface area contributed by atoms with Crippen molar-refractivity contribution in [1.82, 2.24) is 29.5 Å². The molecule has 5 heterocycles. The second-order valence-electron chi connectivity index (χ2n) is 8.24. The highest BCUT2D eigenvalue weighted by Crippen LogP contribution is 2.28. The van der Waals surface area contributed by atoms with E-state index >= 15 is 0 Å². The molecule has 3 aromatic rings. The maximum atomic E-state index is 12.7. The van der Waals surface area contributed by atoms with Gasteiger partial charge in [0.1, 0.15) is 17.3 Å². The molecule has 1 N–H and O–H groups in total. The highest BCUT2D eigenvalue weighted by atomic mass is 16.5. The summed E-state index contributed by atoms with van der Waals surface area (Å²) in [6.45, 7) is 3.79. The van der Waals surface area contributed by atoms with Gasteiger partial charge in [0.15, 0.2) is 0 Å². The van der Waals surface area contributed by atoms with Crippen LogP contribution in [-0.4, -0.2) is 74.0 Å². The molecule has 0 aromatic carbocycles. The van der Waals surface area contributed by atoms with Crippen molar-refractivity contribution in [2.45, 2.75) is 19.4 Å². The molecule has 0 unspecified atom stereocenters. The first kappa shape index (κ1) is 21.8. The van der Waals surface area contributed by atoms with E-state index < -0.39 is 6.03 Å². The lowest BCUT2D eigenvalue weighted by molar-refractivity contribution is 0.154. The van der Waals surface area contributed by atoms with Gasteiger partial charge in [-0.1, -0.05) is 0 Å². The fourth-order valence-corrected chi connectivity index (χ4v) is 4.06. The molecule has 4 amide bonds. The molecule has 0 saturated carbocycles. The number of rotatable bonds is 5. The van der Waals surface area contributed by atoms with Gasteiger partial charge in [0.25, 0.3) is 0 Å². The minimum atomic E-state index is -0.498. The molecule has 1 atom stereocenters. The van der Waals surface area contributed by atoms with E-state index in [2.05, 4.69) is 20.4 Å². The Kier molecular flexibility index (Phi) is 5.84. The quantitative estimate of drug-likeness (QED) is 0.618. The van der Waals surface area contributed by atoms with Crippen LogP contribution < -0.4 is 10.1 Å². The number of carbonyl (C=O) groups excluding carboxylic acids is 2. The second-order valence-corrected chi connectivity index (χ2v) is 8.24. The van der Waals surface area contributed by atoms with Crippen molar-refractivity contribution < 1.29 is 19.1 Å². The predicted octanol–water partition coefficient (Wildman–Crippen LogP) is 3.04. The highest BCUT2D eigenvalue weighted by molar-refractivity contribution is 6.01. The van der Waals surface area contributed by atoms with E-state index in [0.717, 1.165) is 17.7 Å². The van der Waals surface area contributed by atoms with Gasteiger partial charge in [-0.25, -0.2) is 19.5 Å². The summed E-state index contributed by atoms with van der Waals surface area (Å²) in [4.78, 5) is 37.1. The van der Waals surface area contributed by atoms with Crippen molar-refractivity contribution in [2.75, 3.05) is 31.6 Å². The largest absolute Gasteiger partial charge is 0.455 e. The summed E-state index contributed by atoms with van der Waals surface area (Å²) in [5.74, 6) is 1.50. The van der Waals surface area contributed by atoms with Gasteiger partial charge in [-0.3, -0.25) is 15.0 Å². The van der Waals surface area contributed by atoms with Crippen molar-refractivity contribution in [1.29, 1.82) is 0 Å². The number of imide groups is 1. The Morgan fingerprint density at radius 3 is 2.88 bits per heavy atom. The molecule has 2 saturated heterocycles. The summed E-state index contributed by atoms with van der Waals surface area (Å²) < 4.78 is 13.1. The zero-order valence-electron chi connectivity index (χ0n) is 19.0. The fraction of sp³-hybridized carbons (Fsp3) is 0.348. The number of nitrogens with zero attached hydrogens (tertiary/aromatic N) is 6. The van der Waals surface area contributed by atoms with Crippen LogP contribution in [0.2, 0.25) is 0 Å². The second kappa shape index (κ2) is 9.10. The summed E-state index contributed by atoms with van der Waals surface area (Å²) >= 11 is 0. The third-order valence-corrected chi connectivity index (χ3v) is 5.86. The first-order valence-corrected chi connectivity index (χ1v) is 11.1. The summed E-state index contributed by atoms with van der Waals surface area (Å²) in [6, 6.07) is 6.20. The number of hydrogen-bond acceptors (Lipinski definition) is 7. The average molecular weight is 463 g/mol. The Hall–Kier alpha value is -3.99. The van der Waals surface area contributed by atoms with Gasteiger partial charge < -0.3 is 14.4 Å². The number of amides is 4. The summed E-state index contributed by atoms with van der Waals surface area (Å²) in [5, 5.41) is 6.88. The zero-order chi connectivity index (χ0) is 23.7. The molecule has 0 bridgehead atoms. The predicted molar refractivity (Wildman–Crippen MR) is 123 cm³/mol. The van der Waals surface area contributed by atoms with Crippen molar-refractivity contribution in [3.05, 3.63) is 48.5 Å². The molecule has 2 aliphatic rings. The van der Waals surface area contributed by atoms with Crippen LogP contribution in [0.25, 0.3) is 11.3 Å². The molecule has 0 radical (unpaired) electrons. The van der Waals surface area contributed by atoms with Crippen molar-refractivity contribution in [3.8, 4) is 22.8 Å². The van der Waals surface area contributed by atoms with E-state index in [9.17, 15) is 9.59 Å². The Morgan fingerprint density at radius 1 is 1.26 bits per heavy atom. The SMILES string of the molecule is Cc1nc(NC(=O)N2CCN([C@H]3CCOC3)C2=O)ccc1Oc1ccnc(-c2cnn(C)c2)c1. The van der Waals surface area contributed by atoms with Gasteiger partial charge in [0, 0.05) is 50.8 Å². The van der Waals surface area contributed by atoms with Crippen molar-refractivity contribution in [2.24, 2.45) is 7.05 Å². The molecule has 11 nitrogen and oxygen atoms in total. The van der Waals surface area contributed by atoms with Crippen LogP contribution in [0.1, 0.15) is 12.1 Å². The molecule has 3 aromatic heterocycles. The maximum absolute atomic E-state index is 12.7. The molecule has 2 aliphatic heterocycles. The molecular formula is C23H25N7O4. The Labute approximate surface area is 196 Å². The summed E-state index contributed by atoms with van der Waals surface area (Å²) in [5.41, 5.74) is 2.22. The Balaban J connectivity index is 1.24. The van der Waals surface area contributed by atoms with Gasteiger partial charge >= 0.3 is 12.1 Å². The first-order valence-electron chi connectivity index (χ1n) is 11.1. The lowest BCUT2D eigenvalue weighted by atomic mass is 10.2. The number of nitrogens with one attached hydrogen (secondary N) is 1. The third kappa shape index (κ3) is 4.42. The average Bonchev–Trinajstić information content (AvgIpc) is 3.57. The van der Waals surface area contributed by atoms with Crippen molar-refractivity contribution >= 4 is 17.9 Å². The van der Waals surface area contributed by atoms with Crippen LogP contribution in [0.5, 0.6) is 11.5 Å². The Bertz CT molecular complexity index is 1220. The number of ether oxygens (including phenoxy) is 2. The minimum absolute atomic E-state index is 0.0361. The van der Waals surface area contributed by atoms with Gasteiger partial charge in [0.05, 0.1) is 30.2 Å². The standard InChI is InChI=1S/C23H25N7O4/c1-15-20(34-18-5-7-24-19(11-18)16-12-25-28(2)13-16)3-4-21(26-15)27-22(31)30-9-8-29(23(30)32)17-6-10-33-14-17/h3-5,7,11-13,17H,6,8-10,14H2,1-2H3,(H,26,27,31)/t17-/m0/s1. The number of aromatic nitrogens is 4. The molecule has 0 aliphatic carbocycles. The number of urea groups is 2. The van der Waals surface area contributed by atoms with Gasteiger partial charge in [-0.2, -0.15) is 5.10 Å². The number of hydrogen-bond donors (Lipinski definition) is 1. The normalized spacial score (nSPS) is 17.9. The van der Waals surface area contributed by atoms with Crippen LogP contribution in [0.3, 0.4) is 0 Å². The number of pyridine rings is 2. The van der Waals surface area contributed by atoms with Crippen LogP contribution in [-0.2, 0) is 11.8 Å². The number of anilines is 1. The topological polar surface area (TPSA) is 115 Å². The first-order chi connectivity index (χ1) is 16.5. The molecular weight excluding hydrogens is 438 g/mol. The molecule has 5 rings (SSSR count). The van der Waals surface area contributed by atoms with E-state index in [1.54, 1.807) is 47.1 Å². The van der Waals surface area contributed by atoms with Crippen LogP contribution >= 0.6 is 0 Å². The van der Waals surface area contributed by atoms with Gasteiger partial charge in [-0.05, 0) is 31.5 Å². The Morgan fingerprint density at radius 2 is 2.15 bits per heavy atom. The summed E-state index contributed by atoms with van der Waals surface area (Å²) in [7, 11) is 1.85. The molecule has 34 heavy (non-hydrogen) atoms. The molecule has 0 spiro atoms. The van der Waals surface area contributed by atoms with Gasteiger partial charge in [0.2, 0.25) is 0 Å². The lowest BCUT2D eigenvalue weighted by Gasteiger charge is -2.22. The van der Waals surface area contributed by atoms with Crippen LogP contribution in [0, 0.1) is 6.92 Å². The molecule has 11 heteroatoms. The van der Waals surface area contributed by atoms with E-state index in [0.29, 0.717) is 49.3 Å². The number of carbonyl (C=O) groups is 2.